The molecule has 2 rings (SSSR count). The molecule has 0 aliphatic rings. The molecule has 4 nitrogen and oxygen atoms in total. The van der Waals surface area contributed by atoms with Gasteiger partial charge in [0.05, 0.1) is 4.90 Å². The summed E-state index contributed by atoms with van der Waals surface area (Å²) in [6.07, 6.45) is 0. The molecule has 0 unspecified atom stereocenters. The standard InChI is InChI=1S/C14H9F4NO3S/c15-11-6-3-9(7-12(11)16)19-13(20)8-1-4-10(5-2-8)23(21,22)14(17)18/h1-7,14H,(H,19,20). The van der Waals surface area contributed by atoms with Crippen LogP contribution in [-0.4, -0.2) is 20.1 Å². The molecule has 0 saturated carbocycles. The minimum absolute atomic E-state index is 0.0156. The molecule has 0 fully saturated rings. The highest BCUT2D eigenvalue weighted by atomic mass is 32.2. The Hall–Kier alpha value is -2.42. The number of hydrogen-bond donors (Lipinski definition) is 1. The topological polar surface area (TPSA) is 63.2 Å². The molecule has 0 aromatic heterocycles. The SMILES string of the molecule is O=C(Nc1ccc(F)c(F)c1)c1ccc(S(=O)(=O)C(F)F)cc1. The first kappa shape index (κ1) is 16.9. The molecule has 0 heterocycles. The van der Waals surface area contributed by atoms with Gasteiger partial charge in [0.15, 0.2) is 11.6 Å². The van der Waals surface area contributed by atoms with Gasteiger partial charge in [-0.05, 0) is 36.4 Å². The van der Waals surface area contributed by atoms with Gasteiger partial charge in [0.2, 0.25) is 9.84 Å². The Morgan fingerprint density at radius 1 is 0.957 bits per heavy atom. The van der Waals surface area contributed by atoms with Crippen LogP contribution in [0.15, 0.2) is 47.4 Å². The number of anilines is 1. The van der Waals surface area contributed by atoms with E-state index < -0.39 is 38.0 Å². The lowest BCUT2D eigenvalue weighted by Gasteiger charge is -2.07. The van der Waals surface area contributed by atoms with Crippen LogP contribution in [0.4, 0.5) is 23.2 Å². The number of nitrogens with one attached hydrogen (secondary N) is 1. The molecule has 0 bridgehead atoms. The largest absolute Gasteiger partial charge is 0.341 e. The van der Waals surface area contributed by atoms with Gasteiger partial charge in [0.1, 0.15) is 0 Å². The molecule has 0 atom stereocenters. The molecule has 0 aliphatic carbocycles. The van der Waals surface area contributed by atoms with E-state index in [0.717, 1.165) is 42.5 Å². The summed E-state index contributed by atoms with van der Waals surface area (Å²) >= 11 is 0. The molecule has 0 aliphatic heterocycles. The second-order valence-electron chi connectivity index (χ2n) is 4.41. The van der Waals surface area contributed by atoms with Crippen LogP contribution in [0.25, 0.3) is 0 Å². The number of carbonyl (C=O) groups excluding carboxylic acids is 1. The molecule has 122 valence electrons. The molecule has 1 N–H and O–H groups in total. The van der Waals surface area contributed by atoms with Crippen LogP contribution in [0.2, 0.25) is 0 Å². The van der Waals surface area contributed by atoms with Crippen LogP contribution in [0, 0.1) is 11.6 Å². The molecular weight excluding hydrogens is 338 g/mol. The monoisotopic (exact) mass is 347 g/mol. The number of halogens is 4. The Morgan fingerprint density at radius 2 is 1.57 bits per heavy atom. The van der Waals surface area contributed by atoms with Gasteiger partial charge in [-0.25, -0.2) is 17.2 Å². The van der Waals surface area contributed by atoms with Crippen molar-refractivity contribution in [1.29, 1.82) is 0 Å². The van der Waals surface area contributed by atoms with Crippen molar-refractivity contribution in [2.75, 3.05) is 5.32 Å². The van der Waals surface area contributed by atoms with E-state index in [2.05, 4.69) is 5.32 Å². The van der Waals surface area contributed by atoms with Crippen molar-refractivity contribution in [3.8, 4) is 0 Å². The fraction of sp³-hybridized carbons (Fsp3) is 0.0714. The second-order valence-corrected chi connectivity index (χ2v) is 6.33. The fourth-order valence-corrected chi connectivity index (χ4v) is 2.40. The minimum atomic E-state index is -4.74. The first-order chi connectivity index (χ1) is 10.7. The zero-order valence-electron chi connectivity index (χ0n) is 11.3. The van der Waals surface area contributed by atoms with Gasteiger partial charge in [-0.3, -0.25) is 4.79 Å². The quantitative estimate of drug-likeness (QED) is 0.864. The first-order valence-electron chi connectivity index (χ1n) is 6.10. The summed E-state index contributed by atoms with van der Waals surface area (Å²) in [4.78, 5) is 11.3. The molecule has 0 saturated heterocycles. The van der Waals surface area contributed by atoms with Crippen molar-refractivity contribution in [2.45, 2.75) is 10.7 Å². The third-order valence-corrected chi connectivity index (χ3v) is 4.26. The molecule has 9 heteroatoms. The zero-order chi connectivity index (χ0) is 17.2. The van der Waals surface area contributed by atoms with Gasteiger partial charge in [0.25, 0.3) is 5.91 Å². The highest BCUT2D eigenvalue weighted by Crippen LogP contribution is 2.19. The van der Waals surface area contributed by atoms with Crippen molar-refractivity contribution in [2.24, 2.45) is 0 Å². The number of sulfone groups is 1. The van der Waals surface area contributed by atoms with Crippen molar-refractivity contribution in [1.82, 2.24) is 0 Å². The zero-order valence-corrected chi connectivity index (χ0v) is 12.1. The third kappa shape index (κ3) is 3.67. The lowest BCUT2D eigenvalue weighted by molar-refractivity contribution is 0.102. The van der Waals surface area contributed by atoms with Crippen LogP contribution in [0.3, 0.4) is 0 Å². The highest BCUT2D eigenvalue weighted by molar-refractivity contribution is 7.91. The van der Waals surface area contributed by atoms with Gasteiger partial charge in [-0.1, -0.05) is 0 Å². The normalized spacial score (nSPS) is 11.5. The van der Waals surface area contributed by atoms with Crippen molar-refractivity contribution in [3.63, 3.8) is 0 Å². The summed E-state index contributed by atoms with van der Waals surface area (Å²) in [5, 5.41) is 2.26. The third-order valence-electron chi connectivity index (χ3n) is 2.86. The number of carbonyl (C=O) groups is 1. The molecule has 2 aromatic carbocycles. The van der Waals surface area contributed by atoms with Crippen LogP contribution in [-0.2, 0) is 9.84 Å². The summed E-state index contributed by atoms with van der Waals surface area (Å²) in [7, 11) is -4.74. The summed E-state index contributed by atoms with van der Waals surface area (Å²) in [6, 6.07) is 6.51. The number of benzene rings is 2. The Morgan fingerprint density at radius 3 is 2.09 bits per heavy atom. The summed E-state index contributed by atoms with van der Waals surface area (Å²) in [5.41, 5.74) is -0.0545. The van der Waals surface area contributed by atoms with Gasteiger partial charge in [-0.15, -0.1) is 0 Å². The van der Waals surface area contributed by atoms with Gasteiger partial charge in [-0.2, -0.15) is 8.78 Å². The maximum atomic E-state index is 13.0. The molecule has 0 spiro atoms. The Balaban J connectivity index is 2.19. The van der Waals surface area contributed by atoms with E-state index in [4.69, 9.17) is 0 Å². The van der Waals surface area contributed by atoms with E-state index in [0.29, 0.717) is 0 Å². The van der Waals surface area contributed by atoms with Crippen molar-refractivity contribution in [3.05, 3.63) is 59.7 Å². The molecule has 0 radical (unpaired) electrons. The average molecular weight is 347 g/mol. The smallest absolute Gasteiger partial charge is 0.322 e. The number of alkyl halides is 2. The summed E-state index contributed by atoms with van der Waals surface area (Å²) in [6.45, 7) is 0. The van der Waals surface area contributed by atoms with Gasteiger partial charge in [0, 0.05) is 17.3 Å². The van der Waals surface area contributed by atoms with E-state index >= 15 is 0 Å². The van der Waals surface area contributed by atoms with Crippen LogP contribution in [0.5, 0.6) is 0 Å². The van der Waals surface area contributed by atoms with Crippen molar-refractivity contribution < 1.29 is 30.8 Å². The van der Waals surface area contributed by atoms with Crippen LogP contribution >= 0.6 is 0 Å². The number of hydrogen-bond acceptors (Lipinski definition) is 3. The lowest BCUT2D eigenvalue weighted by Crippen LogP contribution is -2.14. The first-order valence-corrected chi connectivity index (χ1v) is 7.65. The predicted molar refractivity (Wildman–Crippen MR) is 73.9 cm³/mol. The van der Waals surface area contributed by atoms with Gasteiger partial charge >= 0.3 is 5.76 Å². The number of amides is 1. The number of rotatable bonds is 4. The minimum Gasteiger partial charge on any atom is -0.322 e. The lowest BCUT2D eigenvalue weighted by atomic mass is 10.2. The van der Waals surface area contributed by atoms with E-state index in [1.807, 2.05) is 0 Å². The maximum absolute atomic E-state index is 13.0. The Bertz CT molecular complexity index is 836. The predicted octanol–water partition coefficient (Wildman–Crippen LogP) is 3.21. The maximum Gasteiger partial charge on any atom is 0.341 e. The van der Waals surface area contributed by atoms with E-state index in [9.17, 15) is 30.8 Å². The highest BCUT2D eigenvalue weighted by Gasteiger charge is 2.26. The van der Waals surface area contributed by atoms with E-state index in [-0.39, 0.29) is 11.3 Å². The molecule has 2 aromatic rings. The molecule has 1 amide bonds. The average Bonchev–Trinajstić information content (AvgIpc) is 2.51. The molecule has 23 heavy (non-hydrogen) atoms. The Kier molecular flexibility index (Phi) is 4.69. The summed E-state index contributed by atoms with van der Waals surface area (Å²) in [5.74, 6) is -6.54. The van der Waals surface area contributed by atoms with Crippen LogP contribution < -0.4 is 5.32 Å². The molecular formula is C14H9F4NO3S. The fourth-order valence-electron chi connectivity index (χ4n) is 1.68. The van der Waals surface area contributed by atoms with Crippen LogP contribution in [0.1, 0.15) is 10.4 Å². The Labute approximate surface area is 128 Å². The van der Waals surface area contributed by atoms with E-state index in [1.165, 1.54) is 0 Å². The summed E-state index contributed by atoms with van der Waals surface area (Å²) < 4.78 is 73.1. The van der Waals surface area contributed by atoms with Gasteiger partial charge < -0.3 is 5.32 Å². The second kappa shape index (κ2) is 6.37. The van der Waals surface area contributed by atoms with Crippen molar-refractivity contribution >= 4 is 21.4 Å². The van der Waals surface area contributed by atoms with E-state index in [1.54, 1.807) is 0 Å².